The molecule has 0 bridgehead atoms. The second kappa shape index (κ2) is 7.44. The van der Waals surface area contributed by atoms with E-state index >= 15 is 0 Å². The van der Waals surface area contributed by atoms with Crippen LogP contribution in [0.5, 0.6) is 5.75 Å². The molecular weight excluding hydrogens is 519 g/mol. The molecule has 0 fully saturated rings. The number of aromatic nitrogens is 1. The summed E-state index contributed by atoms with van der Waals surface area (Å²) in [6.45, 7) is 1.99. The van der Waals surface area contributed by atoms with E-state index in [1.165, 1.54) is 0 Å². The van der Waals surface area contributed by atoms with Gasteiger partial charge in [0.2, 0.25) is 5.89 Å². The minimum Gasteiger partial charge on any atom is -0.506 e. The van der Waals surface area contributed by atoms with Crippen LogP contribution in [0.25, 0.3) is 22.6 Å². The van der Waals surface area contributed by atoms with Crippen molar-refractivity contribution >= 4 is 61.5 Å². The van der Waals surface area contributed by atoms with E-state index < -0.39 is 0 Å². The van der Waals surface area contributed by atoms with Gasteiger partial charge >= 0.3 is 0 Å². The third-order valence-corrected chi connectivity index (χ3v) is 5.35. The van der Waals surface area contributed by atoms with Crippen LogP contribution in [0, 0.1) is 10.5 Å². The van der Waals surface area contributed by atoms with Crippen molar-refractivity contribution < 1.29 is 9.52 Å². The van der Waals surface area contributed by atoms with Gasteiger partial charge in [-0.25, -0.2) is 4.98 Å². The molecule has 0 saturated carbocycles. The molecular formula is C21H14BrIN2O2. The van der Waals surface area contributed by atoms with Crippen LogP contribution in [0.3, 0.4) is 0 Å². The van der Waals surface area contributed by atoms with E-state index in [1.807, 2.05) is 61.5 Å². The molecule has 0 aliphatic rings. The van der Waals surface area contributed by atoms with Gasteiger partial charge in [-0.05, 0) is 83.6 Å². The molecule has 0 aliphatic carbocycles. The molecule has 1 heterocycles. The number of aryl methyl sites for hydroxylation is 1. The van der Waals surface area contributed by atoms with Crippen molar-refractivity contribution in [3.05, 3.63) is 73.8 Å². The molecule has 3 aromatic carbocycles. The van der Waals surface area contributed by atoms with Crippen LogP contribution in [0.4, 0.5) is 5.69 Å². The molecule has 0 unspecified atom stereocenters. The van der Waals surface area contributed by atoms with E-state index in [-0.39, 0.29) is 5.75 Å². The summed E-state index contributed by atoms with van der Waals surface area (Å²) in [4.78, 5) is 9.06. The third kappa shape index (κ3) is 3.91. The fourth-order valence-electron chi connectivity index (χ4n) is 2.75. The number of benzene rings is 3. The monoisotopic (exact) mass is 532 g/mol. The number of oxazole rings is 1. The predicted molar refractivity (Wildman–Crippen MR) is 120 cm³/mol. The van der Waals surface area contributed by atoms with Gasteiger partial charge in [-0.15, -0.1) is 0 Å². The van der Waals surface area contributed by atoms with Crippen molar-refractivity contribution in [1.29, 1.82) is 0 Å². The SMILES string of the molecule is Cc1cc(I)c(O)c(C=Nc2ccc3oc(-c4cccc(Br)c4)nc3c2)c1. The Morgan fingerprint density at radius 2 is 2.00 bits per heavy atom. The lowest BCUT2D eigenvalue weighted by Crippen LogP contribution is -1.87. The molecule has 0 aliphatic heterocycles. The second-order valence-electron chi connectivity index (χ2n) is 6.12. The van der Waals surface area contributed by atoms with Crippen LogP contribution >= 0.6 is 38.5 Å². The van der Waals surface area contributed by atoms with Crippen molar-refractivity contribution in [3.63, 3.8) is 0 Å². The number of fused-ring (bicyclic) bond motifs is 1. The zero-order valence-corrected chi connectivity index (χ0v) is 18.0. The molecule has 134 valence electrons. The van der Waals surface area contributed by atoms with Gasteiger partial charge in [0.05, 0.1) is 9.26 Å². The fraction of sp³-hybridized carbons (Fsp3) is 0.0476. The second-order valence-corrected chi connectivity index (χ2v) is 8.20. The molecule has 6 heteroatoms. The van der Waals surface area contributed by atoms with Gasteiger partial charge < -0.3 is 9.52 Å². The van der Waals surface area contributed by atoms with Crippen molar-refractivity contribution in [1.82, 2.24) is 4.98 Å². The number of phenols is 1. The van der Waals surface area contributed by atoms with E-state index in [2.05, 4.69) is 48.5 Å². The number of hydrogen-bond acceptors (Lipinski definition) is 4. The van der Waals surface area contributed by atoms with Gasteiger partial charge in [0.25, 0.3) is 0 Å². The van der Waals surface area contributed by atoms with Gasteiger partial charge in [-0.3, -0.25) is 4.99 Å². The van der Waals surface area contributed by atoms with Gasteiger partial charge in [0.1, 0.15) is 11.3 Å². The highest BCUT2D eigenvalue weighted by molar-refractivity contribution is 14.1. The molecule has 4 nitrogen and oxygen atoms in total. The maximum atomic E-state index is 10.2. The smallest absolute Gasteiger partial charge is 0.227 e. The zero-order valence-electron chi connectivity index (χ0n) is 14.3. The van der Waals surface area contributed by atoms with E-state index in [0.29, 0.717) is 17.0 Å². The van der Waals surface area contributed by atoms with Crippen molar-refractivity contribution in [2.24, 2.45) is 4.99 Å². The molecule has 27 heavy (non-hydrogen) atoms. The lowest BCUT2D eigenvalue weighted by molar-refractivity contribution is 0.470. The molecule has 1 N–H and O–H groups in total. The van der Waals surface area contributed by atoms with Crippen LogP contribution in [0.1, 0.15) is 11.1 Å². The Balaban J connectivity index is 1.68. The van der Waals surface area contributed by atoms with Crippen LogP contribution in [-0.2, 0) is 0 Å². The molecule has 0 amide bonds. The minimum atomic E-state index is 0.240. The van der Waals surface area contributed by atoms with E-state index in [1.54, 1.807) is 6.21 Å². The normalized spacial score (nSPS) is 11.5. The van der Waals surface area contributed by atoms with Gasteiger partial charge in [0.15, 0.2) is 5.58 Å². The first-order valence-electron chi connectivity index (χ1n) is 8.19. The van der Waals surface area contributed by atoms with Gasteiger partial charge in [-0.1, -0.05) is 22.0 Å². The molecule has 0 spiro atoms. The summed E-state index contributed by atoms with van der Waals surface area (Å²) in [6, 6.07) is 17.2. The first-order chi connectivity index (χ1) is 13.0. The highest BCUT2D eigenvalue weighted by Crippen LogP contribution is 2.29. The number of aliphatic imine (C=N–C) groups is 1. The molecule has 0 atom stereocenters. The van der Waals surface area contributed by atoms with Crippen molar-refractivity contribution in [2.75, 3.05) is 0 Å². The van der Waals surface area contributed by atoms with E-state index in [4.69, 9.17) is 4.42 Å². The first-order valence-corrected chi connectivity index (χ1v) is 10.1. The topological polar surface area (TPSA) is 58.6 Å². The maximum absolute atomic E-state index is 10.2. The number of halogens is 2. The molecule has 4 aromatic rings. The average molecular weight is 533 g/mol. The predicted octanol–water partition coefficient (Wildman–Crippen LogP) is 6.63. The Bertz CT molecular complexity index is 1180. The first kappa shape index (κ1) is 18.2. The van der Waals surface area contributed by atoms with E-state index in [0.717, 1.165) is 30.4 Å². The average Bonchev–Trinajstić information content (AvgIpc) is 3.07. The van der Waals surface area contributed by atoms with Crippen LogP contribution < -0.4 is 0 Å². The summed E-state index contributed by atoms with van der Waals surface area (Å²) in [5.41, 5.74) is 4.86. The number of aromatic hydroxyl groups is 1. The van der Waals surface area contributed by atoms with Crippen molar-refractivity contribution in [2.45, 2.75) is 6.92 Å². The number of rotatable bonds is 3. The van der Waals surface area contributed by atoms with Crippen molar-refractivity contribution in [3.8, 4) is 17.2 Å². The van der Waals surface area contributed by atoms with Gasteiger partial charge in [0, 0.05) is 21.8 Å². The number of phenolic OH excluding ortho intramolecular Hbond substituents is 1. The number of nitrogens with zero attached hydrogens (tertiary/aromatic N) is 2. The molecule has 4 rings (SSSR count). The summed E-state index contributed by atoms with van der Waals surface area (Å²) in [6.07, 6.45) is 1.67. The number of hydrogen-bond donors (Lipinski definition) is 1. The van der Waals surface area contributed by atoms with Gasteiger partial charge in [-0.2, -0.15) is 0 Å². The summed E-state index contributed by atoms with van der Waals surface area (Å²) in [5.74, 6) is 0.808. The van der Waals surface area contributed by atoms with Crippen LogP contribution in [0.2, 0.25) is 0 Å². The Hall–Kier alpha value is -2.19. The maximum Gasteiger partial charge on any atom is 0.227 e. The lowest BCUT2D eigenvalue weighted by Gasteiger charge is -2.03. The molecule has 1 aromatic heterocycles. The lowest BCUT2D eigenvalue weighted by atomic mass is 10.1. The highest BCUT2D eigenvalue weighted by Gasteiger charge is 2.09. The Morgan fingerprint density at radius 1 is 1.15 bits per heavy atom. The zero-order chi connectivity index (χ0) is 19.0. The minimum absolute atomic E-state index is 0.240. The quantitative estimate of drug-likeness (QED) is 0.238. The Morgan fingerprint density at radius 3 is 2.81 bits per heavy atom. The van der Waals surface area contributed by atoms with Crippen LogP contribution in [-0.4, -0.2) is 16.3 Å². The summed E-state index contributed by atoms with van der Waals surface area (Å²) in [5, 5.41) is 10.2. The fourth-order valence-corrected chi connectivity index (χ4v) is 3.95. The summed E-state index contributed by atoms with van der Waals surface area (Å²) >= 11 is 5.58. The third-order valence-electron chi connectivity index (χ3n) is 4.03. The Labute approximate surface area is 178 Å². The standard InChI is InChI=1S/C21H14BrIN2O2/c1-12-7-14(20(26)17(23)8-12)11-24-16-5-6-19-18(10-16)25-21(27-19)13-3-2-4-15(22)9-13/h2-11,26H,1H3. The van der Waals surface area contributed by atoms with Crippen LogP contribution in [0.15, 0.2) is 68.5 Å². The molecule has 0 saturated heterocycles. The summed E-state index contributed by atoms with van der Waals surface area (Å²) < 4.78 is 7.63. The van der Waals surface area contributed by atoms with E-state index in [9.17, 15) is 5.11 Å². The largest absolute Gasteiger partial charge is 0.506 e. The summed E-state index contributed by atoms with van der Waals surface area (Å²) in [7, 11) is 0. The molecule has 0 radical (unpaired) electrons. The highest BCUT2D eigenvalue weighted by atomic mass is 127. The Kier molecular flexibility index (Phi) is 5.01.